The normalized spacial score (nSPS) is 19.8. The summed E-state index contributed by atoms with van der Waals surface area (Å²) in [5.41, 5.74) is 0.513. The highest BCUT2D eigenvalue weighted by Gasteiger charge is 2.27. The molecule has 1 aliphatic heterocycles. The molecule has 0 radical (unpaired) electrons. The molecule has 0 amide bonds. The monoisotopic (exact) mass is 287 g/mol. The summed E-state index contributed by atoms with van der Waals surface area (Å²) in [7, 11) is -1.44. The molecular formula is C12H17NO5S. The van der Waals surface area contributed by atoms with E-state index in [0.717, 1.165) is 12.8 Å². The first-order valence-corrected chi connectivity index (χ1v) is 7.58. The predicted molar refractivity (Wildman–Crippen MR) is 74.2 cm³/mol. The molecule has 0 bridgehead atoms. The number of hydrogen-bond donors (Lipinski definition) is 3. The maximum atomic E-state index is 11.2. The minimum Gasteiger partial charge on any atom is -0.496 e. The molecule has 0 aromatic heterocycles. The Bertz CT molecular complexity index is 491. The molecule has 106 valence electrons. The maximum absolute atomic E-state index is 11.2. The van der Waals surface area contributed by atoms with Gasteiger partial charge < -0.3 is 9.84 Å². The van der Waals surface area contributed by atoms with Crippen molar-refractivity contribution in [3.8, 4) is 5.75 Å². The van der Waals surface area contributed by atoms with Gasteiger partial charge in [0.25, 0.3) is 0 Å². The lowest BCUT2D eigenvalue weighted by atomic mass is 10.1. The number of anilines is 1. The minimum atomic E-state index is -2.84. The largest absolute Gasteiger partial charge is 0.496 e. The van der Waals surface area contributed by atoms with E-state index in [4.69, 9.17) is 9.84 Å². The van der Waals surface area contributed by atoms with Crippen LogP contribution in [0.5, 0.6) is 5.75 Å². The van der Waals surface area contributed by atoms with E-state index < -0.39 is 16.7 Å². The van der Waals surface area contributed by atoms with Crippen LogP contribution in [0.15, 0.2) is 18.2 Å². The fourth-order valence-corrected chi connectivity index (χ4v) is 3.81. The van der Waals surface area contributed by atoms with E-state index >= 15 is 0 Å². The van der Waals surface area contributed by atoms with Gasteiger partial charge in [0.1, 0.15) is 11.3 Å². The Morgan fingerprint density at radius 3 is 2.68 bits per heavy atom. The molecule has 1 heterocycles. The first-order chi connectivity index (χ1) is 8.95. The van der Waals surface area contributed by atoms with Crippen molar-refractivity contribution >= 4 is 22.4 Å². The average Bonchev–Trinajstić information content (AvgIpc) is 2.37. The van der Waals surface area contributed by atoms with Crippen molar-refractivity contribution in [2.45, 2.75) is 12.8 Å². The maximum Gasteiger partial charge on any atom is 0.339 e. The SMILES string of the molecule is COc1ccc(N2CCCCS2(O)O)cc1C(=O)O. The topological polar surface area (TPSA) is 90.2 Å². The smallest absolute Gasteiger partial charge is 0.339 e. The molecule has 0 atom stereocenters. The summed E-state index contributed by atoms with van der Waals surface area (Å²) < 4.78 is 26.5. The Hall–Kier alpha value is -1.44. The minimum absolute atomic E-state index is 0.0146. The van der Waals surface area contributed by atoms with E-state index in [-0.39, 0.29) is 11.3 Å². The van der Waals surface area contributed by atoms with Crippen molar-refractivity contribution in [1.82, 2.24) is 0 Å². The Kier molecular flexibility index (Phi) is 3.88. The number of aromatic carboxylic acids is 1. The van der Waals surface area contributed by atoms with Crippen LogP contribution in [0.2, 0.25) is 0 Å². The number of carboxylic acid groups (broad SMARTS) is 1. The van der Waals surface area contributed by atoms with E-state index in [2.05, 4.69) is 0 Å². The fraction of sp³-hybridized carbons (Fsp3) is 0.417. The van der Waals surface area contributed by atoms with E-state index in [1.54, 1.807) is 6.07 Å². The van der Waals surface area contributed by atoms with Gasteiger partial charge in [-0.25, -0.2) is 4.79 Å². The standard InChI is InChI=1S/C12H17NO5S/c1-18-11-5-4-9(8-10(11)12(14)15)13-6-2-3-7-19(13,16)17/h4-5,8,16-17H,2-3,6-7H2,1H3,(H,14,15). The van der Waals surface area contributed by atoms with Crippen LogP contribution in [-0.2, 0) is 0 Å². The molecule has 0 aliphatic carbocycles. The van der Waals surface area contributed by atoms with Gasteiger partial charge in [-0.2, -0.15) is 0 Å². The summed E-state index contributed by atoms with van der Waals surface area (Å²) in [4.78, 5) is 11.2. The molecule has 1 aromatic rings. The fourth-order valence-electron chi connectivity index (χ4n) is 2.12. The summed E-state index contributed by atoms with van der Waals surface area (Å²) in [6, 6.07) is 4.59. The van der Waals surface area contributed by atoms with Crippen LogP contribution in [0.4, 0.5) is 5.69 Å². The summed E-state index contributed by atoms with van der Waals surface area (Å²) >= 11 is 0. The number of carboxylic acids is 1. The molecule has 19 heavy (non-hydrogen) atoms. The molecule has 0 spiro atoms. The number of hydrogen-bond acceptors (Lipinski definition) is 5. The summed E-state index contributed by atoms with van der Waals surface area (Å²) in [6.45, 7) is 0.508. The van der Waals surface area contributed by atoms with Crippen LogP contribution < -0.4 is 9.04 Å². The third-order valence-electron chi connectivity index (χ3n) is 3.08. The van der Waals surface area contributed by atoms with E-state index in [9.17, 15) is 13.9 Å². The van der Waals surface area contributed by atoms with E-state index in [1.807, 2.05) is 0 Å². The van der Waals surface area contributed by atoms with Crippen LogP contribution in [0.3, 0.4) is 0 Å². The first-order valence-electron chi connectivity index (χ1n) is 5.90. The number of rotatable bonds is 3. The van der Waals surface area contributed by atoms with Gasteiger partial charge in [0.2, 0.25) is 0 Å². The molecule has 7 heteroatoms. The Morgan fingerprint density at radius 2 is 2.11 bits per heavy atom. The third-order valence-corrected chi connectivity index (χ3v) is 5.02. The van der Waals surface area contributed by atoms with Crippen LogP contribution in [0.1, 0.15) is 23.2 Å². The molecular weight excluding hydrogens is 270 g/mol. The number of carbonyl (C=O) groups is 1. The highest BCUT2D eigenvalue weighted by molar-refractivity contribution is 8.25. The van der Waals surface area contributed by atoms with Crippen molar-refractivity contribution < 1.29 is 23.7 Å². The van der Waals surface area contributed by atoms with Crippen LogP contribution in [0, 0.1) is 0 Å². The average molecular weight is 287 g/mol. The molecule has 0 unspecified atom stereocenters. The zero-order chi connectivity index (χ0) is 14.0. The zero-order valence-corrected chi connectivity index (χ0v) is 11.4. The molecule has 1 saturated heterocycles. The highest BCUT2D eigenvalue weighted by Crippen LogP contribution is 2.49. The van der Waals surface area contributed by atoms with Gasteiger partial charge in [0.05, 0.1) is 18.6 Å². The second kappa shape index (κ2) is 5.28. The summed E-state index contributed by atoms with van der Waals surface area (Å²) in [5, 5.41) is 9.13. The Labute approximate surface area is 113 Å². The van der Waals surface area contributed by atoms with Crippen LogP contribution >= 0.6 is 10.8 Å². The van der Waals surface area contributed by atoms with Gasteiger partial charge in [-0.05, 0) is 31.0 Å². The van der Waals surface area contributed by atoms with E-state index in [1.165, 1.54) is 23.5 Å². The van der Waals surface area contributed by atoms with Gasteiger partial charge in [-0.15, -0.1) is 10.8 Å². The molecule has 3 N–H and O–H groups in total. The Balaban J connectivity index is 2.40. The third kappa shape index (κ3) is 2.78. The number of ether oxygens (including phenoxy) is 1. The molecule has 6 nitrogen and oxygen atoms in total. The molecule has 1 aliphatic rings. The highest BCUT2D eigenvalue weighted by atomic mass is 32.3. The van der Waals surface area contributed by atoms with Crippen molar-refractivity contribution in [1.29, 1.82) is 0 Å². The number of methoxy groups -OCH3 is 1. The number of nitrogens with zero attached hydrogens (tertiary/aromatic N) is 1. The Morgan fingerprint density at radius 1 is 1.37 bits per heavy atom. The van der Waals surface area contributed by atoms with E-state index in [0.29, 0.717) is 18.0 Å². The molecule has 2 rings (SSSR count). The first kappa shape index (κ1) is 14.0. The van der Waals surface area contributed by atoms with Crippen molar-refractivity contribution in [3.63, 3.8) is 0 Å². The van der Waals surface area contributed by atoms with Crippen molar-refractivity contribution in [3.05, 3.63) is 23.8 Å². The molecule has 1 aromatic carbocycles. The quantitative estimate of drug-likeness (QED) is 0.792. The lowest BCUT2D eigenvalue weighted by Crippen LogP contribution is -2.34. The summed E-state index contributed by atoms with van der Waals surface area (Å²) in [6.07, 6.45) is 1.62. The second-order valence-electron chi connectivity index (χ2n) is 4.34. The van der Waals surface area contributed by atoms with Gasteiger partial charge in [0, 0.05) is 6.54 Å². The molecule has 0 saturated carbocycles. The second-order valence-corrected chi connectivity index (χ2v) is 6.45. The zero-order valence-electron chi connectivity index (χ0n) is 10.6. The number of benzene rings is 1. The van der Waals surface area contributed by atoms with Crippen molar-refractivity contribution in [2.24, 2.45) is 0 Å². The predicted octanol–water partition coefficient (Wildman–Crippen LogP) is 2.66. The van der Waals surface area contributed by atoms with Gasteiger partial charge in [-0.3, -0.25) is 13.4 Å². The molecule has 1 fully saturated rings. The van der Waals surface area contributed by atoms with Gasteiger partial charge >= 0.3 is 5.97 Å². The van der Waals surface area contributed by atoms with Crippen LogP contribution in [0.25, 0.3) is 0 Å². The lowest BCUT2D eigenvalue weighted by Gasteiger charge is -2.47. The van der Waals surface area contributed by atoms with Crippen LogP contribution in [-0.4, -0.2) is 39.6 Å². The van der Waals surface area contributed by atoms with Gasteiger partial charge in [-0.1, -0.05) is 0 Å². The lowest BCUT2D eigenvalue weighted by molar-refractivity contribution is 0.0693. The van der Waals surface area contributed by atoms with Gasteiger partial charge in [0.15, 0.2) is 0 Å². The van der Waals surface area contributed by atoms with Crippen molar-refractivity contribution in [2.75, 3.05) is 23.7 Å². The summed E-state index contributed by atoms with van der Waals surface area (Å²) in [5.74, 6) is -0.529.